The van der Waals surface area contributed by atoms with Crippen LogP contribution in [0, 0.1) is 0 Å². The van der Waals surface area contributed by atoms with Gasteiger partial charge in [-0.05, 0) is 134 Å². The SMILES string of the molecule is c1ccc(-c2nc(-c3ccccc3)nc(-c3cc(-c4ccc(-c5ccccc5)c(-c5ccccc5)c4)cnc3-c3ccc4c(c3)sc3ccc5c6ccccc6n(-c6ccccc6)c5c34)n2)cc1.c1ccc(-c2nc(-c3ccccc3)nc(-c3cc(-c4ccc(-c5ccccc5)c(-c5ccccc5)c4)cnc3-c3cccc4c3sc3ccc5c6ccccc6n(-c6ccccc6)c5c34)n2)cc1. The summed E-state index contributed by atoms with van der Waals surface area (Å²) < 4.78 is 9.64. The van der Waals surface area contributed by atoms with Crippen molar-refractivity contribution in [3.8, 4) is 169 Å². The predicted molar refractivity (Wildman–Crippen MR) is 566 cm³/mol. The van der Waals surface area contributed by atoms with Crippen LogP contribution in [0.15, 0.2) is 473 Å². The lowest BCUT2D eigenvalue weighted by atomic mass is 9.91. The highest BCUT2D eigenvalue weighted by Crippen LogP contribution is 2.51. The van der Waals surface area contributed by atoms with Crippen LogP contribution in [0.4, 0.5) is 0 Å². The Morgan fingerprint density at radius 1 is 0.176 bits per heavy atom. The molecule has 12 heteroatoms. The highest BCUT2D eigenvalue weighted by atomic mass is 32.1. The molecule has 8 heterocycles. The van der Waals surface area contributed by atoms with E-state index in [2.05, 4.69) is 373 Å². The number of thiophene rings is 2. The van der Waals surface area contributed by atoms with Crippen molar-refractivity contribution in [1.29, 1.82) is 0 Å². The zero-order valence-corrected chi connectivity index (χ0v) is 75.0. The molecule has 8 aromatic heterocycles. The molecule has 0 bridgehead atoms. The van der Waals surface area contributed by atoms with Gasteiger partial charge in [0.25, 0.3) is 0 Å². The van der Waals surface area contributed by atoms with Crippen molar-refractivity contribution in [1.82, 2.24) is 49.0 Å². The monoisotopic (exact) mass is 1770 g/mol. The standard InChI is InChI=1S/2C62H39N5S/c1-6-19-40(20-7-1)47-34-33-44(37-52(47)41-21-8-2-9-22-41)45-38-53(62-65-60(42-23-10-3-11-24-42)64-61(66-62)43-25-12-4-13-26-43)57(63-39-45)51-31-18-30-50-56-55(68-59(50)51)36-35-49-48-29-16-17-32-54(48)67(58(49)56)46-27-14-5-15-28-46;1-6-18-40(19-7-1)48-32-30-44(36-52(48)41-20-8-2-9-21-41)46-37-53(62-65-60(42-22-10-3-11-23-42)64-61(66-62)43-24-12-4-13-25-43)58(63-39-46)45-31-33-51-56(38-45)68-55-35-34-50-49-28-16-17-29-54(49)67(59(50)57(51)55)47-26-14-5-15-27-47/h2*1-39H. The molecule has 0 amide bonds. The van der Waals surface area contributed by atoms with E-state index in [4.69, 9.17) is 39.9 Å². The second kappa shape index (κ2) is 34.6. The van der Waals surface area contributed by atoms with E-state index >= 15 is 0 Å². The van der Waals surface area contributed by atoms with Crippen molar-refractivity contribution < 1.29 is 0 Å². The van der Waals surface area contributed by atoms with Crippen LogP contribution in [-0.2, 0) is 0 Å². The minimum absolute atomic E-state index is 0.552. The lowest BCUT2D eigenvalue weighted by Gasteiger charge is -2.16. The van der Waals surface area contributed by atoms with Crippen LogP contribution in [0.25, 0.3) is 253 Å². The van der Waals surface area contributed by atoms with Gasteiger partial charge in [0.05, 0.1) is 33.5 Å². The molecule has 0 saturated carbocycles. The van der Waals surface area contributed by atoms with Crippen molar-refractivity contribution in [2.45, 2.75) is 0 Å². The van der Waals surface area contributed by atoms with Crippen molar-refractivity contribution in [2.75, 3.05) is 0 Å². The third kappa shape index (κ3) is 14.6. The van der Waals surface area contributed by atoms with Crippen LogP contribution in [0.1, 0.15) is 0 Å². The van der Waals surface area contributed by atoms with Crippen molar-refractivity contribution in [2.24, 2.45) is 0 Å². The Bertz CT molecular complexity index is 8940. The van der Waals surface area contributed by atoms with Gasteiger partial charge in [-0.25, -0.2) is 29.9 Å². The fourth-order valence-electron chi connectivity index (χ4n) is 19.5. The number of para-hydroxylation sites is 4. The minimum atomic E-state index is 0.552. The van der Waals surface area contributed by atoms with E-state index in [1.807, 2.05) is 132 Å². The highest BCUT2D eigenvalue weighted by molar-refractivity contribution is 7.26. The van der Waals surface area contributed by atoms with E-state index in [1.165, 1.54) is 90.4 Å². The predicted octanol–water partition coefficient (Wildman–Crippen LogP) is 32.8. The Balaban J connectivity index is 0.000000145. The first-order valence-electron chi connectivity index (χ1n) is 45.6. The molecule has 636 valence electrons. The van der Waals surface area contributed by atoms with Gasteiger partial charge >= 0.3 is 0 Å². The lowest BCUT2D eigenvalue weighted by molar-refractivity contribution is 1.07. The normalized spacial score (nSPS) is 11.5. The number of fused-ring (bicyclic) bond motifs is 14. The van der Waals surface area contributed by atoms with Crippen LogP contribution in [0.2, 0.25) is 0 Å². The van der Waals surface area contributed by atoms with E-state index in [9.17, 15) is 0 Å². The third-order valence-corrected chi connectivity index (χ3v) is 28.1. The molecule has 26 rings (SSSR count). The molecule has 0 saturated heterocycles. The second-order valence-electron chi connectivity index (χ2n) is 33.9. The van der Waals surface area contributed by atoms with Crippen LogP contribution >= 0.6 is 22.7 Å². The summed E-state index contributed by atoms with van der Waals surface area (Å²) in [5.74, 6) is 3.50. The van der Waals surface area contributed by atoms with E-state index < -0.39 is 0 Å². The minimum Gasteiger partial charge on any atom is -0.309 e. The molecule has 136 heavy (non-hydrogen) atoms. The highest BCUT2D eigenvalue weighted by Gasteiger charge is 2.28. The molecule has 0 fully saturated rings. The second-order valence-corrected chi connectivity index (χ2v) is 36.1. The molecule has 26 aromatic rings. The maximum atomic E-state index is 5.47. The van der Waals surface area contributed by atoms with Crippen LogP contribution in [0.3, 0.4) is 0 Å². The van der Waals surface area contributed by atoms with Gasteiger partial charge in [0.1, 0.15) is 0 Å². The van der Waals surface area contributed by atoms with Crippen LogP contribution in [-0.4, -0.2) is 49.0 Å². The zero-order valence-electron chi connectivity index (χ0n) is 73.3. The molecule has 0 aliphatic carbocycles. The van der Waals surface area contributed by atoms with E-state index in [-0.39, 0.29) is 0 Å². The average molecular weight is 1770 g/mol. The van der Waals surface area contributed by atoms with Crippen molar-refractivity contribution in [3.05, 3.63) is 473 Å². The van der Waals surface area contributed by atoms with Gasteiger partial charge in [-0.2, -0.15) is 0 Å². The van der Waals surface area contributed by atoms with Gasteiger partial charge in [-0.3, -0.25) is 9.97 Å². The van der Waals surface area contributed by atoms with Gasteiger partial charge in [0.2, 0.25) is 0 Å². The van der Waals surface area contributed by atoms with Gasteiger partial charge in [-0.15, -0.1) is 22.7 Å². The zero-order chi connectivity index (χ0) is 89.9. The Morgan fingerprint density at radius 2 is 0.500 bits per heavy atom. The summed E-state index contributed by atoms with van der Waals surface area (Å²) in [6, 6.07) is 162. The van der Waals surface area contributed by atoms with E-state index in [0.29, 0.717) is 34.9 Å². The molecule has 0 aliphatic rings. The summed E-state index contributed by atoms with van der Waals surface area (Å²) in [6.07, 6.45) is 4.01. The Kier molecular flexibility index (Phi) is 20.4. The van der Waals surface area contributed by atoms with Gasteiger partial charge in [0.15, 0.2) is 34.9 Å². The molecule has 0 spiro atoms. The summed E-state index contributed by atoms with van der Waals surface area (Å²) in [6.45, 7) is 0. The number of nitrogens with zero attached hydrogens (tertiary/aromatic N) is 10. The quantitative estimate of drug-likeness (QED) is 0.0940. The molecule has 0 radical (unpaired) electrons. The smallest absolute Gasteiger partial charge is 0.166 e. The topological polar surface area (TPSA) is 113 Å². The summed E-state index contributed by atoms with van der Waals surface area (Å²) in [7, 11) is 0. The number of benzene rings is 18. The summed E-state index contributed by atoms with van der Waals surface area (Å²) >= 11 is 3.63. The first kappa shape index (κ1) is 80.4. The van der Waals surface area contributed by atoms with E-state index in [1.54, 1.807) is 0 Å². The molecule has 0 unspecified atom stereocenters. The van der Waals surface area contributed by atoms with Gasteiger partial charge in [-0.1, -0.05) is 382 Å². The van der Waals surface area contributed by atoms with Crippen molar-refractivity contribution >= 4 is 107 Å². The Labute approximate surface area is 792 Å². The fraction of sp³-hybridized carbons (Fsp3) is 0. The number of hydrogen-bond acceptors (Lipinski definition) is 10. The summed E-state index contributed by atoms with van der Waals surface area (Å²) in [4.78, 5) is 42.2. The van der Waals surface area contributed by atoms with Gasteiger partial charge in [0, 0.05) is 141 Å². The van der Waals surface area contributed by atoms with E-state index in [0.717, 1.165) is 128 Å². The van der Waals surface area contributed by atoms with Crippen molar-refractivity contribution in [3.63, 3.8) is 0 Å². The largest absolute Gasteiger partial charge is 0.309 e. The van der Waals surface area contributed by atoms with Gasteiger partial charge < -0.3 is 9.13 Å². The number of aromatic nitrogens is 10. The molecule has 10 nitrogen and oxygen atoms in total. The fourth-order valence-corrected chi connectivity index (χ4v) is 21.8. The first-order chi connectivity index (χ1) is 67.4. The maximum Gasteiger partial charge on any atom is 0.166 e. The molecule has 0 N–H and O–H groups in total. The number of pyridine rings is 2. The lowest BCUT2D eigenvalue weighted by Crippen LogP contribution is -2.02. The third-order valence-electron chi connectivity index (χ3n) is 25.8. The van der Waals surface area contributed by atoms with Crippen LogP contribution in [0.5, 0.6) is 0 Å². The maximum absolute atomic E-state index is 5.47. The summed E-state index contributed by atoms with van der Waals surface area (Å²) in [5.41, 5.74) is 29.2. The molecular formula is C124H78N10S2. The Morgan fingerprint density at radius 3 is 0.926 bits per heavy atom. The van der Waals surface area contributed by atoms with Crippen LogP contribution < -0.4 is 0 Å². The molecule has 0 atom stereocenters. The molecule has 18 aromatic carbocycles. The molecular weight excluding hydrogens is 1690 g/mol. The molecule has 0 aliphatic heterocycles. The average Bonchev–Trinajstić information content (AvgIpc) is 1.56. The Hall–Kier alpha value is -17.7. The number of rotatable bonds is 16. The summed E-state index contributed by atoms with van der Waals surface area (Å²) in [5, 5.41) is 9.81. The number of hydrogen-bond donors (Lipinski definition) is 0. The first-order valence-corrected chi connectivity index (χ1v) is 47.2.